The first-order valence-electron chi connectivity index (χ1n) is 6.87. The Morgan fingerprint density at radius 2 is 2.14 bits per heavy atom. The van der Waals surface area contributed by atoms with E-state index in [-0.39, 0.29) is 0 Å². The average Bonchev–Trinajstić information content (AvgIpc) is 3.03. The lowest BCUT2D eigenvalue weighted by molar-refractivity contribution is 0.767. The largest absolute Gasteiger partial charge is 0.279 e. The fourth-order valence-corrected chi connectivity index (χ4v) is 3.33. The number of rotatable bonds is 1. The Kier molecular flexibility index (Phi) is 2.76. The van der Waals surface area contributed by atoms with E-state index in [0.29, 0.717) is 0 Å². The van der Waals surface area contributed by atoms with E-state index in [4.69, 9.17) is 4.99 Å². The van der Waals surface area contributed by atoms with E-state index >= 15 is 0 Å². The Morgan fingerprint density at radius 3 is 2.90 bits per heavy atom. The van der Waals surface area contributed by atoms with Crippen LogP contribution in [-0.4, -0.2) is 15.5 Å². The van der Waals surface area contributed by atoms with Gasteiger partial charge in [-0.3, -0.25) is 9.67 Å². The molecule has 0 amide bonds. The molecule has 104 valence electrons. The average molecular weight is 340 g/mol. The molecular weight excluding hydrogens is 326 g/mol. The van der Waals surface area contributed by atoms with Crippen LogP contribution in [0.5, 0.6) is 0 Å². The highest BCUT2D eigenvalue weighted by atomic mass is 79.9. The Balaban J connectivity index is 1.83. The van der Waals surface area contributed by atoms with Crippen LogP contribution in [-0.2, 0) is 20.0 Å². The van der Waals surface area contributed by atoms with E-state index in [1.165, 1.54) is 22.3 Å². The van der Waals surface area contributed by atoms with Gasteiger partial charge in [-0.2, -0.15) is 5.10 Å². The quantitative estimate of drug-likeness (QED) is 0.780. The third kappa shape index (κ3) is 2.02. The number of aliphatic imine (C=N–C) groups is 1. The van der Waals surface area contributed by atoms with Gasteiger partial charge in [0.2, 0.25) is 0 Å². The molecule has 0 fully saturated rings. The highest BCUT2D eigenvalue weighted by Crippen LogP contribution is 2.34. The number of allylic oxidation sites excluding steroid dienone is 2. The summed E-state index contributed by atoms with van der Waals surface area (Å²) >= 11 is 3.59. The van der Waals surface area contributed by atoms with Crippen LogP contribution in [0.1, 0.15) is 27.8 Å². The summed E-state index contributed by atoms with van der Waals surface area (Å²) in [5.74, 6) is 0. The van der Waals surface area contributed by atoms with Gasteiger partial charge in [0.25, 0.3) is 0 Å². The maximum absolute atomic E-state index is 4.70. The van der Waals surface area contributed by atoms with Gasteiger partial charge in [0, 0.05) is 28.9 Å². The van der Waals surface area contributed by atoms with Crippen LogP contribution >= 0.6 is 15.9 Å². The molecule has 0 atom stereocenters. The van der Waals surface area contributed by atoms with Gasteiger partial charge in [-0.25, -0.2) is 0 Å². The maximum atomic E-state index is 4.70. The molecule has 1 aliphatic heterocycles. The predicted molar refractivity (Wildman–Crippen MR) is 88.7 cm³/mol. The fourth-order valence-electron chi connectivity index (χ4n) is 2.94. The summed E-state index contributed by atoms with van der Waals surface area (Å²) in [6, 6.07) is 4.52. The van der Waals surface area contributed by atoms with Gasteiger partial charge in [-0.15, -0.1) is 0 Å². The monoisotopic (exact) mass is 339 g/mol. The first kappa shape index (κ1) is 12.8. The minimum atomic E-state index is 0.754. The van der Waals surface area contributed by atoms with Crippen LogP contribution in [0.4, 0.5) is 0 Å². The normalized spacial score (nSPS) is 16.4. The fraction of sp³-hybridized carbons (Fsp3) is 0.176. The van der Waals surface area contributed by atoms with Gasteiger partial charge < -0.3 is 0 Å². The molecule has 0 N–H and O–H groups in total. The molecule has 0 spiro atoms. The molecule has 1 aliphatic carbocycles. The molecule has 0 radical (unpaired) electrons. The number of halogens is 1. The third-order valence-electron chi connectivity index (χ3n) is 4.03. The second kappa shape index (κ2) is 4.53. The molecule has 21 heavy (non-hydrogen) atoms. The molecular formula is C17H14BrN3. The van der Waals surface area contributed by atoms with Crippen molar-refractivity contribution in [1.82, 2.24) is 9.78 Å². The molecule has 1 aromatic heterocycles. The van der Waals surface area contributed by atoms with Crippen LogP contribution in [0.25, 0.3) is 6.08 Å². The van der Waals surface area contributed by atoms with Crippen molar-refractivity contribution in [3.05, 3.63) is 69.0 Å². The molecule has 0 saturated carbocycles. The summed E-state index contributed by atoms with van der Waals surface area (Å²) in [5.41, 5.74) is 8.39. The second-order valence-electron chi connectivity index (χ2n) is 5.55. The van der Waals surface area contributed by atoms with Crippen LogP contribution in [0, 0.1) is 0 Å². The van der Waals surface area contributed by atoms with E-state index < -0.39 is 0 Å². The van der Waals surface area contributed by atoms with E-state index in [2.05, 4.69) is 45.8 Å². The summed E-state index contributed by atoms with van der Waals surface area (Å²) in [4.78, 5) is 4.70. The first-order valence-corrected chi connectivity index (χ1v) is 7.66. The topological polar surface area (TPSA) is 30.2 Å². The summed E-state index contributed by atoms with van der Waals surface area (Å²) in [6.07, 6.45) is 6.95. The van der Waals surface area contributed by atoms with Gasteiger partial charge in [0.05, 0.1) is 18.5 Å². The van der Waals surface area contributed by atoms with E-state index in [0.717, 1.165) is 34.3 Å². The van der Waals surface area contributed by atoms with Gasteiger partial charge >= 0.3 is 0 Å². The number of aromatic nitrogens is 2. The molecule has 2 aliphatic rings. The van der Waals surface area contributed by atoms with E-state index in [1.807, 2.05) is 24.1 Å². The van der Waals surface area contributed by atoms with Crippen molar-refractivity contribution >= 4 is 27.7 Å². The van der Waals surface area contributed by atoms with Gasteiger partial charge in [0.1, 0.15) is 0 Å². The molecule has 0 unspecified atom stereocenters. The molecule has 4 heteroatoms. The summed E-state index contributed by atoms with van der Waals surface area (Å²) in [5, 5.41) is 4.25. The lowest BCUT2D eigenvalue weighted by Gasteiger charge is -2.17. The van der Waals surface area contributed by atoms with Crippen LogP contribution < -0.4 is 0 Å². The summed E-state index contributed by atoms with van der Waals surface area (Å²) < 4.78 is 2.90. The van der Waals surface area contributed by atoms with Crippen LogP contribution in [0.15, 0.2) is 46.2 Å². The smallest absolute Gasteiger partial charge is 0.0758 e. The zero-order chi connectivity index (χ0) is 14.6. The first-order chi connectivity index (χ1) is 10.1. The summed E-state index contributed by atoms with van der Waals surface area (Å²) in [7, 11) is 1.93. The predicted octanol–water partition coefficient (Wildman–Crippen LogP) is 3.62. The molecule has 2 aromatic rings. The second-order valence-corrected chi connectivity index (χ2v) is 6.40. The van der Waals surface area contributed by atoms with Gasteiger partial charge in [0.15, 0.2) is 0 Å². The third-order valence-corrected chi connectivity index (χ3v) is 4.82. The van der Waals surface area contributed by atoms with Crippen molar-refractivity contribution in [3.63, 3.8) is 0 Å². The SMILES string of the molecule is C=C1Cc2cc3c(cc2C=C1Br)C(c1cnn(C)c1)=NC3. The van der Waals surface area contributed by atoms with Gasteiger partial charge in [-0.05, 0) is 40.8 Å². The van der Waals surface area contributed by atoms with Crippen molar-refractivity contribution in [3.8, 4) is 0 Å². The number of hydrogen-bond acceptors (Lipinski definition) is 2. The lowest BCUT2D eigenvalue weighted by atomic mass is 9.89. The number of fused-ring (bicyclic) bond motifs is 2. The molecule has 4 rings (SSSR count). The van der Waals surface area contributed by atoms with Crippen LogP contribution in [0.3, 0.4) is 0 Å². The zero-order valence-electron chi connectivity index (χ0n) is 11.7. The molecule has 0 bridgehead atoms. The minimum absolute atomic E-state index is 0.754. The standard InChI is InChI=1S/C17H14BrN3/c1-10-3-11-4-13-7-19-17(14-8-20-21(2)9-14)15(13)5-12(11)6-16(10)18/h4-6,8-9H,1,3,7H2,2H3. The van der Waals surface area contributed by atoms with E-state index in [1.54, 1.807) is 0 Å². The number of benzene rings is 1. The van der Waals surface area contributed by atoms with Gasteiger partial charge in [-0.1, -0.05) is 28.6 Å². The Hall–Kier alpha value is -1.94. The minimum Gasteiger partial charge on any atom is -0.279 e. The highest BCUT2D eigenvalue weighted by molar-refractivity contribution is 9.12. The van der Waals surface area contributed by atoms with Crippen molar-refractivity contribution in [2.75, 3.05) is 0 Å². The van der Waals surface area contributed by atoms with Crippen molar-refractivity contribution < 1.29 is 0 Å². The number of nitrogens with zero attached hydrogens (tertiary/aromatic N) is 3. The maximum Gasteiger partial charge on any atom is 0.0758 e. The Bertz CT molecular complexity index is 840. The lowest BCUT2D eigenvalue weighted by Crippen LogP contribution is -2.05. The van der Waals surface area contributed by atoms with Crippen molar-refractivity contribution in [1.29, 1.82) is 0 Å². The Labute approximate surface area is 131 Å². The van der Waals surface area contributed by atoms with Crippen LogP contribution in [0.2, 0.25) is 0 Å². The Morgan fingerprint density at radius 1 is 1.29 bits per heavy atom. The molecule has 3 nitrogen and oxygen atoms in total. The van der Waals surface area contributed by atoms with Crippen molar-refractivity contribution in [2.45, 2.75) is 13.0 Å². The zero-order valence-corrected chi connectivity index (χ0v) is 13.3. The number of hydrogen-bond donors (Lipinski definition) is 0. The summed E-state index contributed by atoms with van der Waals surface area (Å²) in [6.45, 7) is 4.85. The molecule has 0 saturated heterocycles. The molecule has 1 aromatic carbocycles. The van der Waals surface area contributed by atoms with E-state index in [9.17, 15) is 0 Å². The van der Waals surface area contributed by atoms with Crippen molar-refractivity contribution in [2.24, 2.45) is 12.0 Å². The molecule has 2 heterocycles. The highest BCUT2D eigenvalue weighted by Gasteiger charge is 2.22. The number of aryl methyl sites for hydroxylation is 1.